The summed E-state index contributed by atoms with van der Waals surface area (Å²) in [5.74, 6) is 0.929. The summed E-state index contributed by atoms with van der Waals surface area (Å²) in [6.07, 6.45) is 2.77. The maximum atomic E-state index is 5.46. The molecular weight excluding hydrogens is 266 g/mol. The van der Waals surface area contributed by atoms with Gasteiger partial charge in [-0.25, -0.2) is 4.98 Å². The average molecular weight is 280 g/mol. The van der Waals surface area contributed by atoms with Gasteiger partial charge in [0.2, 0.25) is 0 Å². The molecule has 2 rings (SSSR count). The smallest absolute Gasteiger partial charge is 0.133 e. The Kier molecular flexibility index (Phi) is 3.74. The van der Waals surface area contributed by atoms with E-state index in [4.69, 9.17) is 5.73 Å². The number of rotatable bonds is 4. The van der Waals surface area contributed by atoms with Crippen LogP contribution in [0.2, 0.25) is 0 Å². The van der Waals surface area contributed by atoms with Gasteiger partial charge in [-0.1, -0.05) is 15.9 Å². The molecule has 2 aromatic rings. The van der Waals surface area contributed by atoms with Crippen LogP contribution in [0, 0.1) is 0 Å². The van der Waals surface area contributed by atoms with Crippen LogP contribution in [-0.2, 0) is 0 Å². The highest BCUT2D eigenvalue weighted by molar-refractivity contribution is 9.10. The SMILES string of the molecule is NCCCNc1nccc2cc(Br)ccc12. The van der Waals surface area contributed by atoms with E-state index in [0.717, 1.165) is 28.6 Å². The first-order valence-electron chi connectivity index (χ1n) is 5.29. The van der Waals surface area contributed by atoms with Crippen molar-refractivity contribution in [2.45, 2.75) is 6.42 Å². The van der Waals surface area contributed by atoms with Gasteiger partial charge in [0.15, 0.2) is 0 Å². The lowest BCUT2D eigenvalue weighted by Crippen LogP contribution is -2.09. The Morgan fingerprint density at radius 2 is 2.19 bits per heavy atom. The molecule has 3 N–H and O–H groups in total. The summed E-state index contributed by atoms with van der Waals surface area (Å²) >= 11 is 3.46. The number of pyridine rings is 1. The molecule has 1 aromatic heterocycles. The molecule has 1 aromatic carbocycles. The second-order valence-corrected chi connectivity index (χ2v) is 4.51. The van der Waals surface area contributed by atoms with E-state index in [1.165, 1.54) is 5.39 Å². The molecule has 0 fully saturated rings. The number of hydrogen-bond acceptors (Lipinski definition) is 3. The number of benzene rings is 1. The van der Waals surface area contributed by atoms with Crippen LogP contribution in [0.5, 0.6) is 0 Å². The van der Waals surface area contributed by atoms with Crippen LogP contribution >= 0.6 is 15.9 Å². The molecule has 0 spiro atoms. The number of nitrogens with two attached hydrogens (primary N) is 1. The topological polar surface area (TPSA) is 50.9 Å². The van der Waals surface area contributed by atoms with Crippen LogP contribution in [0.3, 0.4) is 0 Å². The molecule has 1 heterocycles. The van der Waals surface area contributed by atoms with Gasteiger partial charge >= 0.3 is 0 Å². The second kappa shape index (κ2) is 5.27. The molecule has 0 saturated carbocycles. The second-order valence-electron chi connectivity index (χ2n) is 3.59. The number of nitrogens with one attached hydrogen (secondary N) is 1. The molecule has 4 heteroatoms. The van der Waals surface area contributed by atoms with E-state index < -0.39 is 0 Å². The van der Waals surface area contributed by atoms with Gasteiger partial charge in [0.05, 0.1) is 0 Å². The van der Waals surface area contributed by atoms with Crippen molar-refractivity contribution < 1.29 is 0 Å². The van der Waals surface area contributed by atoms with Crippen molar-refractivity contribution in [3.63, 3.8) is 0 Å². The molecule has 0 bridgehead atoms. The van der Waals surface area contributed by atoms with Crippen molar-refractivity contribution in [1.82, 2.24) is 4.98 Å². The van der Waals surface area contributed by atoms with Gasteiger partial charge in [-0.05, 0) is 42.6 Å². The van der Waals surface area contributed by atoms with Gasteiger partial charge in [0.1, 0.15) is 5.82 Å². The molecule has 0 aliphatic rings. The van der Waals surface area contributed by atoms with Gasteiger partial charge in [-0.15, -0.1) is 0 Å². The van der Waals surface area contributed by atoms with Crippen LogP contribution < -0.4 is 11.1 Å². The number of hydrogen-bond donors (Lipinski definition) is 2. The van der Waals surface area contributed by atoms with Gasteiger partial charge in [0.25, 0.3) is 0 Å². The highest BCUT2D eigenvalue weighted by Crippen LogP contribution is 2.24. The molecular formula is C12H14BrN3. The molecule has 0 unspecified atom stereocenters. The fourth-order valence-electron chi connectivity index (χ4n) is 1.60. The van der Waals surface area contributed by atoms with Crippen molar-refractivity contribution >= 4 is 32.5 Å². The third kappa shape index (κ3) is 2.51. The minimum Gasteiger partial charge on any atom is -0.370 e. The minimum atomic E-state index is 0.698. The zero-order valence-electron chi connectivity index (χ0n) is 8.91. The van der Waals surface area contributed by atoms with Crippen molar-refractivity contribution in [2.24, 2.45) is 5.73 Å². The normalized spacial score (nSPS) is 10.6. The Labute approximate surface area is 103 Å². The maximum absolute atomic E-state index is 5.46. The van der Waals surface area contributed by atoms with E-state index in [1.54, 1.807) is 0 Å². The largest absolute Gasteiger partial charge is 0.370 e. The first kappa shape index (κ1) is 11.4. The monoisotopic (exact) mass is 279 g/mol. The number of aromatic nitrogens is 1. The summed E-state index contributed by atoms with van der Waals surface area (Å²) in [5.41, 5.74) is 5.46. The minimum absolute atomic E-state index is 0.698. The lowest BCUT2D eigenvalue weighted by atomic mass is 10.1. The molecule has 0 aliphatic heterocycles. The van der Waals surface area contributed by atoms with Crippen molar-refractivity contribution in [3.05, 3.63) is 34.9 Å². The first-order valence-corrected chi connectivity index (χ1v) is 6.09. The standard InChI is InChI=1S/C12H14BrN3/c13-10-2-3-11-9(8-10)4-7-16-12(11)15-6-1-5-14/h2-4,7-8H,1,5-6,14H2,(H,15,16). The summed E-state index contributed by atoms with van der Waals surface area (Å²) in [7, 11) is 0. The molecule has 0 aliphatic carbocycles. The summed E-state index contributed by atoms with van der Waals surface area (Å²) in [6, 6.07) is 8.19. The maximum Gasteiger partial charge on any atom is 0.133 e. The Morgan fingerprint density at radius 1 is 1.31 bits per heavy atom. The molecule has 16 heavy (non-hydrogen) atoms. The van der Waals surface area contributed by atoms with Gasteiger partial charge < -0.3 is 11.1 Å². The lowest BCUT2D eigenvalue weighted by Gasteiger charge is -2.08. The predicted molar refractivity (Wildman–Crippen MR) is 71.6 cm³/mol. The summed E-state index contributed by atoms with van der Waals surface area (Å²) in [5, 5.41) is 5.62. The van der Waals surface area contributed by atoms with Crippen molar-refractivity contribution in [3.8, 4) is 0 Å². The van der Waals surface area contributed by atoms with Gasteiger partial charge in [-0.3, -0.25) is 0 Å². The third-order valence-electron chi connectivity index (χ3n) is 2.40. The molecule has 0 atom stereocenters. The van der Waals surface area contributed by atoms with Crippen LogP contribution in [0.4, 0.5) is 5.82 Å². The highest BCUT2D eigenvalue weighted by atomic mass is 79.9. The summed E-state index contributed by atoms with van der Waals surface area (Å²) < 4.78 is 1.08. The van der Waals surface area contributed by atoms with E-state index in [0.29, 0.717) is 6.54 Å². The van der Waals surface area contributed by atoms with Crippen molar-refractivity contribution in [2.75, 3.05) is 18.4 Å². The Hall–Kier alpha value is -1.13. The number of halogens is 1. The fourth-order valence-corrected chi connectivity index (χ4v) is 1.98. The van der Waals surface area contributed by atoms with E-state index >= 15 is 0 Å². The van der Waals surface area contributed by atoms with Crippen LogP contribution in [0.25, 0.3) is 10.8 Å². The fraction of sp³-hybridized carbons (Fsp3) is 0.250. The van der Waals surface area contributed by atoms with E-state index in [9.17, 15) is 0 Å². The zero-order valence-corrected chi connectivity index (χ0v) is 10.5. The molecule has 0 saturated heterocycles. The van der Waals surface area contributed by atoms with Gasteiger partial charge in [0, 0.05) is 22.6 Å². The molecule has 3 nitrogen and oxygen atoms in total. The van der Waals surface area contributed by atoms with Crippen LogP contribution in [0.1, 0.15) is 6.42 Å². The lowest BCUT2D eigenvalue weighted by molar-refractivity contribution is 0.871. The predicted octanol–water partition coefficient (Wildman–Crippen LogP) is 2.76. The number of anilines is 1. The Balaban J connectivity index is 2.30. The molecule has 84 valence electrons. The average Bonchev–Trinajstić information content (AvgIpc) is 2.29. The van der Waals surface area contributed by atoms with Crippen molar-refractivity contribution in [1.29, 1.82) is 0 Å². The highest BCUT2D eigenvalue weighted by Gasteiger charge is 2.01. The number of nitrogens with zero attached hydrogens (tertiary/aromatic N) is 1. The Morgan fingerprint density at radius 3 is 3.00 bits per heavy atom. The van der Waals surface area contributed by atoms with Crippen LogP contribution in [-0.4, -0.2) is 18.1 Å². The van der Waals surface area contributed by atoms with E-state index in [-0.39, 0.29) is 0 Å². The van der Waals surface area contributed by atoms with E-state index in [1.807, 2.05) is 18.3 Å². The van der Waals surface area contributed by atoms with E-state index in [2.05, 4.69) is 38.4 Å². The van der Waals surface area contributed by atoms with Crippen LogP contribution in [0.15, 0.2) is 34.9 Å². The molecule has 0 radical (unpaired) electrons. The number of fused-ring (bicyclic) bond motifs is 1. The molecule has 0 amide bonds. The zero-order chi connectivity index (χ0) is 11.4. The summed E-state index contributed by atoms with van der Waals surface area (Å²) in [4.78, 5) is 4.34. The third-order valence-corrected chi connectivity index (χ3v) is 2.89. The quantitative estimate of drug-likeness (QED) is 0.847. The summed E-state index contributed by atoms with van der Waals surface area (Å²) in [6.45, 7) is 1.56. The van der Waals surface area contributed by atoms with Gasteiger partial charge in [-0.2, -0.15) is 0 Å². The first-order chi connectivity index (χ1) is 7.81. The Bertz CT molecular complexity index is 485.